The van der Waals surface area contributed by atoms with Crippen LogP contribution in [0.5, 0.6) is 5.75 Å². The highest BCUT2D eigenvalue weighted by molar-refractivity contribution is 7.71. The van der Waals surface area contributed by atoms with E-state index in [1.165, 1.54) is 15.5 Å². The van der Waals surface area contributed by atoms with E-state index >= 15 is 0 Å². The van der Waals surface area contributed by atoms with E-state index in [2.05, 4.69) is 52.1 Å². The fraction of sp³-hybridized carbons (Fsp3) is 0.429. The van der Waals surface area contributed by atoms with Crippen molar-refractivity contribution in [2.45, 2.75) is 27.1 Å². The van der Waals surface area contributed by atoms with Crippen molar-refractivity contribution in [2.24, 2.45) is 0 Å². The SMILES string of the molecule is CCOc1ccccc1N1CC[NH+](Cn2nc(-c3cccs3)n(CC)c2=S)CC1. The number of benzene rings is 1. The van der Waals surface area contributed by atoms with Crippen LogP contribution in [-0.2, 0) is 13.2 Å². The third-order valence-electron chi connectivity index (χ3n) is 5.33. The lowest BCUT2D eigenvalue weighted by atomic mass is 10.2. The van der Waals surface area contributed by atoms with Gasteiger partial charge in [0.05, 0.1) is 43.4 Å². The maximum absolute atomic E-state index is 5.81. The largest absolute Gasteiger partial charge is 0.492 e. The molecular weight excluding hydrogens is 402 g/mol. The normalized spacial score (nSPS) is 15.0. The van der Waals surface area contributed by atoms with E-state index in [1.54, 1.807) is 11.3 Å². The van der Waals surface area contributed by atoms with Crippen molar-refractivity contribution in [1.82, 2.24) is 14.3 Å². The van der Waals surface area contributed by atoms with Gasteiger partial charge in [-0.15, -0.1) is 16.4 Å². The van der Waals surface area contributed by atoms with E-state index in [0.717, 1.165) is 55.7 Å². The number of rotatable bonds is 7. The maximum Gasteiger partial charge on any atom is 0.203 e. The first-order chi connectivity index (χ1) is 14.2. The van der Waals surface area contributed by atoms with Gasteiger partial charge >= 0.3 is 0 Å². The Bertz CT molecular complexity index is 987. The predicted molar refractivity (Wildman–Crippen MR) is 121 cm³/mol. The molecular formula is C21H28N5OS2+. The van der Waals surface area contributed by atoms with Crippen LogP contribution in [0, 0.1) is 4.77 Å². The van der Waals surface area contributed by atoms with Crippen LogP contribution in [0.2, 0.25) is 0 Å². The van der Waals surface area contributed by atoms with Gasteiger partial charge in [-0.25, -0.2) is 0 Å². The number of thiophene rings is 1. The molecule has 2 aromatic heterocycles. The van der Waals surface area contributed by atoms with Crippen LogP contribution in [0.3, 0.4) is 0 Å². The molecule has 3 aromatic rings. The van der Waals surface area contributed by atoms with Crippen molar-refractivity contribution >= 4 is 29.2 Å². The summed E-state index contributed by atoms with van der Waals surface area (Å²) < 4.78 is 10.8. The Morgan fingerprint density at radius 2 is 1.93 bits per heavy atom. The topological polar surface area (TPSA) is 39.7 Å². The van der Waals surface area contributed by atoms with Crippen molar-refractivity contribution in [3.63, 3.8) is 0 Å². The van der Waals surface area contributed by atoms with Gasteiger partial charge in [-0.3, -0.25) is 4.57 Å². The standard InChI is InChI=1S/C21H27N5OS2/c1-3-25-20(19-10-7-15-29-19)22-26(21(25)28)16-23-11-13-24(14-12-23)17-8-5-6-9-18(17)27-4-2/h5-10,15H,3-4,11-14,16H2,1-2H3/p+1. The van der Waals surface area contributed by atoms with Gasteiger partial charge in [0.2, 0.25) is 4.77 Å². The highest BCUT2D eigenvalue weighted by Crippen LogP contribution is 2.28. The summed E-state index contributed by atoms with van der Waals surface area (Å²) in [4.78, 5) is 5.10. The molecule has 154 valence electrons. The van der Waals surface area contributed by atoms with Crippen LogP contribution in [-0.4, -0.2) is 47.1 Å². The van der Waals surface area contributed by atoms with Crippen LogP contribution < -0.4 is 14.5 Å². The van der Waals surface area contributed by atoms with Crippen LogP contribution in [0.25, 0.3) is 10.7 Å². The molecule has 0 radical (unpaired) electrons. The Balaban J connectivity index is 1.45. The molecule has 1 aromatic carbocycles. The Kier molecular flexibility index (Phi) is 6.32. The summed E-state index contributed by atoms with van der Waals surface area (Å²) in [6.45, 7) is 10.6. The summed E-state index contributed by atoms with van der Waals surface area (Å²) in [6, 6.07) is 12.5. The number of anilines is 1. The Labute approximate surface area is 180 Å². The Hall–Kier alpha value is -2.16. The van der Waals surface area contributed by atoms with Crippen molar-refractivity contribution < 1.29 is 9.64 Å². The Morgan fingerprint density at radius 3 is 2.62 bits per heavy atom. The molecule has 29 heavy (non-hydrogen) atoms. The number of hydrogen-bond acceptors (Lipinski definition) is 5. The summed E-state index contributed by atoms with van der Waals surface area (Å²) in [7, 11) is 0. The first-order valence-corrected chi connectivity index (χ1v) is 11.5. The number of nitrogens with one attached hydrogen (secondary N) is 1. The zero-order valence-corrected chi connectivity index (χ0v) is 18.6. The molecule has 1 N–H and O–H groups in total. The molecule has 8 heteroatoms. The minimum atomic E-state index is 0.688. The van der Waals surface area contributed by atoms with Gasteiger partial charge in [0.15, 0.2) is 12.5 Å². The van der Waals surface area contributed by atoms with E-state index in [4.69, 9.17) is 22.1 Å². The van der Waals surface area contributed by atoms with Crippen LogP contribution in [0.4, 0.5) is 5.69 Å². The lowest BCUT2D eigenvalue weighted by Crippen LogP contribution is -3.14. The number of ether oxygens (including phenoxy) is 1. The molecule has 0 spiro atoms. The van der Waals surface area contributed by atoms with Gasteiger partial charge in [-0.1, -0.05) is 18.2 Å². The lowest BCUT2D eigenvalue weighted by Gasteiger charge is -2.34. The van der Waals surface area contributed by atoms with Gasteiger partial charge in [-0.05, 0) is 49.6 Å². The molecule has 0 atom stereocenters. The number of piperazine rings is 1. The molecule has 1 fully saturated rings. The summed E-state index contributed by atoms with van der Waals surface area (Å²) in [6.07, 6.45) is 0. The number of nitrogens with zero attached hydrogens (tertiary/aromatic N) is 4. The summed E-state index contributed by atoms with van der Waals surface area (Å²) in [5.41, 5.74) is 1.19. The molecule has 0 saturated carbocycles. The first kappa shape index (κ1) is 20.1. The molecule has 0 unspecified atom stereocenters. The summed E-state index contributed by atoms with van der Waals surface area (Å²) >= 11 is 7.44. The zero-order valence-electron chi connectivity index (χ0n) is 17.0. The lowest BCUT2D eigenvalue weighted by molar-refractivity contribution is -0.924. The summed E-state index contributed by atoms with van der Waals surface area (Å²) in [5, 5.41) is 6.95. The zero-order chi connectivity index (χ0) is 20.2. The number of hydrogen-bond donors (Lipinski definition) is 1. The van der Waals surface area contributed by atoms with Crippen LogP contribution in [0.15, 0.2) is 41.8 Å². The molecule has 0 amide bonds. The highest BCUT2D eigenvalue weighted by Gasteiger charge is 2.24. The number of para-hydroxylation sites is 2. The average Bonchev–Trinajstić information content (AvgIpc) is 3.38. The number of quaternary nitrogens is 1. The fourth-order valence-corrected chi connectivity index (χ4v) is 4.89. The first-order valence-electron chi connectivity index (χ1n) is 10.2. The second kappa shape index (κ2) is 9.11. The second-order valence-electron chi connectivity index (χ2n) is 7.12. The van der Waals surface area contributed by atoms with Crippen molar-refractivity contribution in [3.8, 4) is 16.5 Å². The quantitative estimate of drug-likeness (QED) is 0.585. The van der Waals surface area contributed by atoms with Crippen molar-refractivity contribution in [2.75, 3.05) is 37.7 Å². The van der Waals surface area contributed by atoms with E-state index in [1.807, 2.05) is 17.7 Å². The maximum atomic E-state index is 5.81. The molecule has 1 saturated heterocycles. The van der Waals surface area contributed by atoms with Gasteiger partial charge < -0.3 is 14.5 Å². The van der Waals surface area contributed by atoms with Crippen LogP contribution >= 0.6 is 23.6 Å². The van der Waals surface area contributed by atoms with E-state index in [-0.39, 0.29) is 0 Å². The third-order valence-corrected chi connectivity index (χ3v) is 6.63. The van der Waals surface area contributed by atoms with Gasteiger partial charge in [0.1, 0.15) is 5.75 Å². The molecule has 1 aliphatic heterocycles. The smallest absolute Gasteiger partial charge is 0.203 e. The van der Waals surface area contributed by atoms with E-state index in [9.17, 15) is 0 Å². The second-order valence-corrected chi connectivity index (χ2v) is 8.44. The van der Waals surface area contributed by atoms with Gasteiger partial charge in [-0.2, -0.15) is 4.68 Å². The average molecular weight is 431 g/mol. The molecule has 0 bridgehead atoms. The molecule has 1 aliphatic rings. The third kappa shape index (κ3) is 4.24. The molecule has 4 rings (SSSR count). The van der Waals surface area contributed by atoms with Gasteiger partial charge in [0.25, 0.3) is 0 Å². The van der Waals surface area contributed by atoms with E-state index < -0.39 is 0 Å². The van der Waals surface area contributed by atoms with Crippen LogP contribution in [0.1, 0.15) is 13.8 Å². The Morgan fingerprint density at radius 1 is 1.14 bits per heavy atom. The number of aromatic nitrogens is 3. The minimum Gasteiger partial charge on any atom is -0.492 e. The van der Waals surface area contributed by atoms with Crippen molar-refractivity contribution in [1.29, 1.82) is 0 Å². The predicted octanol–water partition coefficient (Wildman–Crippen LogP) is 2.92. The highest BCUT2D eigenvalue weighted by atomic mass is 32.1. The molecule has 0 aliphatic carbocycles. The minimum absolute atomic E-state index is 0.688. The summed E-state index contributed by atoms with van der Waals surface area (Å²) in [5.74, 6) is 1.96. The molecule has 6 nitrogen and oxygen atoms in total. The monoisotopic (exact) mass is 430 g/mol. The van der Waals surface area contributed by atoms with E-state index in [0.29, 0.717) is 6.61 Å². The fourth-order valence-electron chi connectivity index (χ4n) is 3.85. The van der Waals surface area contributed by atoms with Gasteiger partial charge in [0, 0.05) is 6.54 Å². The van der Waals surface area contributed by atoms with Crippen molar-refractivity contribution in [3.05, 3.63) is 46.5 Å². The molecule has 3 heterocycles.